The highest BCUT2D eigenvalue weighted by molar-refractivity contribution is 7.99. The van der Waals surface area contributed by atoms with Gasteiger partial charge in [0.2, 0.25) is 0 Å². The van der Waals surface area contributed by atoms with E-state index in [0.29, 0.717) is 5.02 Å². The minimum atomic E-state index is -1.18. The van der Waals surface area contributed by atoms with E-state index in [1.54, 1.807) is 24.3 Å². The number of rotatable bonds is 3. The van der Waals surface area contributed by atoms with E-state index < -0.39 is 11.8 Å². The van der Waals surface area contributed by atoms with E-state index in [0.717, 1.165) is 22.7 Å². The standard InChI is InChI=1S/C13H9ClFNO2S/c14-7-1-3-8(4-2-7)19-12-5-9(13(17)18)11(16)6-10(12)15/h1-6H,16H2,(H,17,18). The molecular formula is C13H9ClFNO2S. The van der Waals surface area contributed by atoms with Gasteiger partial charge in [0.1, 0.15) is 5.82 Å². The van der Waals surface area contributed by atoms with Crippen LogP contribution in [0.15, 0.2) is 46.2 Å². The first kappa shape index (κ1) is 13.7. The van der Waals surface area contributed by atoms with Crippen LogP contribution in [0.4, 0.5) is 10.1 Å². The van der Waals surface area contributed by atoms with E-state index in [1.165, 1.54) is 6.07 Å². The molecule has 2 aromatic rings. The van der Waals surface area contributed by atoms with Crippen LogP contribution in [0, 0.1) is 5.82 Å². The van der Waals surface area contributed by atoms with Gasteiger partial charge in [-0.25, -0.2) is 9.18 Å². The number of aromatic carboxylic acids is 1. The number of hydrogen-bond acceptors (Lipinski definition) is 3. The van der Waals surface area contributed by atoms with Crippen LogP contribution in [0.5, 0.6) is 0 Å². The van der Waals surface area contributed by atoms with Crippen molar-refractivity contribution in [1.29, 1.82) is 0 Å². The van der Waals surface area contributed by atoms with Crippen LogP contribution in [0.1, 0.15) is 10.4 Å². The fraction of sp³-hybridized carbons (Fsp3) is 0. The van der Waals surface area contributed by atoms with Crippen molar-refractivity contribution in [2.24, 2.45) is 0 Å². The maximum absolute atomic E-state index is 13.7. The number of nitrogens with two attached hydrogens (primary N) is 1. The number of hydrogen-bond donors (Lipinski definition) is 2. The van der Waals surface area contributed by atoms with Crippen LogP contribution in [0.3, 0.4) is 0 Å². The zero-order valence-corrected chi connectivity index (χ0v) is 11.1. The molecule has 0 aliphatic rings. The third-order valence-corrected chi connectivity index (χ3v) is 3.67. The summed E-state index contributed by atoms with van der Waals surface area (Å²) in [7, 11) is 0. The van der Waals surface area contributed by atoms with E-state index in [-0.39, 0.29) is 16.1 Å². The predicted octanol–water partition coefficient (Wildman–Crippen LogP) is 3.91. The number of anilines is 1. The van der Waals surface area contributed by atoms with Crippen molar-refractivity contribution in [2.75, 3.05) is 5.73 Å². The summed E-state index contributed by atoms with van der Waals surface area (Å²) in [6.07, 6.45) is 0. The molecule has 0 saturated heterocycles. The second-order valence-corrected chi connectivity index (χ2v) is 5.28. The van der Waals surface area contributed by atoms with E-state index in [9.17, 15) is 9.18 Å². The molecule has 0 bridgehead atoms. The van der Waals surface area contributed by atoms with Crippen molar-refractivity contribution in [1.82, 2.24) is 0 Å². The molecule has 0 unspecified atom stereocenters. The third-order valence-electron chi connectivity index (χ3n) is 2.38. The average Bonchev–Trinajstić information content (AvgIpc) is 2.34. The molecule has 0 spiro atoms. The molecule has 0 aliphatic heterocycles. The fourth-order valence-corrected chi connectivity index (χ4v) is 2.45. The van der Waals surface area contributed by atoms with Crippen LogP contribution in [0.25, 0.3) is 0 Å². The molecule has 2 rings (SSSR count). The van der Waals surface area contributed by atoms with Gasteiger partial charge in [-0.1, -0.05) is 23.4 Å². The number of halogens is 2. The molecular weight excluding hydrogens is 289 g/mol. The van der Waals surface area contributed by atoms with Gasteiger partial charge in [-0.3, -0.25) is 0 Å². The summed E-state index contributed by atoms with van der Waals surface area (Å²) in [4.78, 5) is 11.9. The van der Waals surface area contributed by atoms with Crippen LogP contribution in [-0.2, 0) is 0 Å². The molecule has 3 nitrogen and oxygen atoms in total. The predicted molar refractivity (Wildman–Crippen MR) is 73.3 cm³/mol. The first-order chi connectivity index (χ1) is 8.97. The summed E-state index contributed by atoms with van der Waals surface area (Å²) in [6.45, 7) is 0. The molecule has 0 saturated carbocycles. The lowest BCUT2D eigenvalue weighted by Crippen LogP contribution is -2.03. The first-order valence-corrected chi connectivity index (χ1v) is 6.42. The summed E-state index contributed by atoms with van der Waals surface area (Å²) in [5.41, 5.74) is 5.25. The normalized spacial score (nSPS) is 10.4. The lowest BCUT2D eigenvalue weighted by molar-refractivity contribution is 0.0697. The Morgan fingerprint density at radius 1 is 1.26 bits per heavy atom. The summed E-state index contributed by atoms with van der Waals surface area (Å²) in [6, 6.07) is 9.05. The Morgan fingerprint density at radius 2 is 1.89 bits per heavy atom. The molecule has 98 valence electrons. The van der Waals surface area contributed by atoms with Gasteiger partial charge in [-0.05, 0) is 36.4 Å². The third kappa shape index (κ3) is 3.19. The molecule has 2 aromatic carbocycles. The van der Waals surface area contributed by atoms with Gasteiger partial charge in [-0.2, -0.15) is 0 Å². The second-order valence-electron chi connectivity index (χ2n) is 3.73. The maximum Gasteiger partial charge on any atom is 0.337 e. The molecule has 19 heavy (non-hydrogen) atoms. The van der Waals surface area contributed by atoms with Crippen LogP contribution in [0.2, 0.25) is 5.02 Å². The van der Waals surface area contributed by atoms with Gasteiger partial charge in [0.05, 0.1) is 5.56 Å². The van der Waals surface area contributed by atoms with Crippen molar-refractivity contribution in [3.63, 3.8) is 0 Å². The minimum Gasteiger partial charge on any atom is -0.478 e. The van der Waals surface area contributed by atoms with Crippen molar-refractivity contribution in [3.8, 4) is 0 Å². The second kappa shape index (κ2) is 5.50. The SMILES string of the molecule is Nc1cc(F)c(Sc2ccc(Cl)cc2)cc1C(=O)O. The Balaban J connectivity index is 2.37. The first-order valence-electron chi connectivity index (χ1n) is 5.23. The smallest absolute Gasteiger partial charge is 0.337 e. The summed E-state index contributed by atoms with van der Waals surface area (Å²) >= 11 is 6.87. The van der Waals surface area contributed by atoms with Crippen molar-refractivity contribution in [3.05, 3.63) is 52.8 Å². The molecule has 0 atom stereocenters. The number of benzene rings is 2. The Bertz CT molecular complexity index is 631. The Kier molecular flexibility index (Phi) is 3.97. The number of carbonyl (C=O) groups is 1. The lowest BCUT2D eigenvalue weighted by Gasteiger charge is -2.07. The maximum atomic E-state index is 13.7. The molecule has 0 aromatic heterocycles. The zero-order chi connectivity index (χ0) is 14.0. The molecule has 0 fully saturated rings. The van der Waals surface area contributed by atoms with E-state index in [2.05, 4.69) is 0 Å². The summed E-state index contributed by atoms with van der Waals surface area (Å²) in [5, 5.41) is 9.53. The Morgan fingerprint density at radius 3 is 2.47 bits per heavy atom. The molecule has 0 heterocycles. The highest BCUT2D eigenvalue weighted by atomic mass is 35.5. The van der Waals surface area contributed by atoms with Gasteiger partial charge >= 0.3 is 5.97 Å². The molecule has 0 amide bonds. The molecule has 3 N–H and O–H groups in total. The number of carboxylic acids is 1. The zero-order valence-electron chi connectivity index (χ0n) is 9.56. The highest BCUT2D eigenvalue weighted by Gasteiger charge is 2.14. The quantitative estimate of drug-likeness (QED) is 0.843. The van der Waals surface area contributed by atoms with Crippen molar-refractivity contribution in [2.45, 2.75) is 9.79 Å². The summed E-state index contributed by atoms with van der Waals surface area (Å²) < 4.78 is 13.7. The lowest BCUT2D eigenvalue weighted by atomic mass is 10.2. The van der Waals surface area contributed by atoms with E-state index >= 15 is 0 Å². The van der Waals surface area contributed by atoms with Gasteiger partial charge in [-0.15, -0.1) is 0 Å². The number of carboxylic acid groups (broad SMARTS) is 1. The largest absolute Gasteiger partial charge is 0.478 e. The van der Waals surface area contributed by atoms with Crippen LogP contribution < -0.4 is 5.73 Å². The highest BCUT2D eigenvalue weighted by Crippen LogP contribution is 2.33. The van der Waals surface area contributed by atoms with Crippen LogP contribution in [-0.4, -0.2) is 11.1 Å². The Labute approximate surface area is 118 Å². The minimum absolute atomic E-state index is 0.0922. The summed E-state index contributed by atoms with van der Waals surface area (Å²) in [5.74, 6) is -1.74. The monoisotopic (exact) mass is 297 g/mol. The average molecular weight is 298 g/mol. The van der Waals surface area contributed by atoms with E-state index in [4.69, 9.17) is 22.4 Å². The van der Waals surface area contributed by atoms with Crippen LogP contribution >= 0.6 is 23.4 Å². The van der Waals surface area contributed by atoms with Gasteiger partial charge in [0.15, 0.2) is 0 Å². The van der Waals surface area contributed by atoms with Gasteiger partial charge < -0.3 is 10.8 Å². The topological polar surface area (TPSA) is 63.3 Å². The number of nitrogen functional groups attached to an aromatic ring is 1. The van der Waals surface area contributed by atoms with Gasteiger partial charge in [0.25, 0.3) is 0 Å². The Hall–Kier alpha value is -1.72. The fourth-order valence-electron chi connectivity index (χ4n) is 1.46. The van der Waals surface area contributed by atoms with Gasteiger partial charge in [0, 0.05) is 20.5 Å². The van der Waals surface area contributed by atoms with Crippen molar-refractivity contribution < 1.29 is 14.3 Å². The van der Waals surface area contributed by atoms with Crippen molar-refractivity contribution >= 4 is 35.0 Å². The molecule has 0 aliphatic carbocycles. The van der Waals surface area contributed by atoms with E-state index in [1.807, 2.05) is 0 Å². The molecule has 0 radical (unpaired) electrons. The molecule has 6 heteroatoms.